The van der Waals surface area contributed by atoms with Gasteiger partial charge in [-0.2, -0.15) is 18.4 Å². The van der Waals surface area contributed by atoms with Crippen LogP contribution in [0.3, 0.4) is 0 Å². The van der Waals surface area contributed by atoms with Crippen molar-refractivity contribution < 1.29 is 18.0 Å². The number of nitriles is 1. The van der Waals surface area contributed by atoms with Gasteiger partial charge in [-0.3, -0.25) is 4.79 Å². The van der Waals surface area contributed by atoms with Crippen LogP contribution in [0.5, 0.6) is 0 Å². The van der Waals surface area contributed by atoms with E-state index in [-0.39, 0.29) is 32.8 Å². The highest BCUT2D eigenvalue weighted by atomic mass is 35.5. The molecule has 3 N–H and O–H groups in total. The minimum Gasteiger partial charge on any atom is -0.364 e. The van der Waals surface area contributed by atoms with Crippen molar-refractivity contribution in [1.29, 1.82) is 5.26 Å². The minimum atomic E-state index is -4.62. The number of imidazole rings is 1. The zero-order valence-corrected chi connectivity index (χ0v) is 11.9. The van der Waals surface area contributed by atoms with E-state index in [2.05, 4.69) is 9.97 Å². The SMILES string of the molecule is N#Cc1[nH]c(-c2c(Cl)cc(C(F)(F)F)cc2Cl)nc1C(N)=O. The van der Waals surface area contributed by atoms with Gasteiger partial charge in [-0.1, -0.05) is 23.2 Å². The highest BCUT2D eigenvalue weighted by molar-refractivity contribution is 6.39. The van der Waals surface area contributed by atoms with Crippen LogP contribution in [0, 0.1) is 11.3 Å². The predicted octanol–water partition coefficient (Wildman–Crippen LogP) is 3.37. The van der Waals surface area contributed by atoms with Gasteiger partial charge in [0, 0.05) is 0 Å². The van der Waals surface area contributed by atoms with E-state index in [1.165, 1.54) is 0 Å². The minimum absolute atomic E-state index is 0.0691. The molecule has 114 valence electrons. The van der Waals surface area contributed by atoms with Gasteiger partial charge in [-0.05, 0) is 12.1 Å². The molecule has 0 radical (unpaired) electrons. The van der Waals surface area contributed by atoms with Gasteiger partial charge in [0.25, 0.3) is 5.91 Å². The van der Waals surface area contributed by atoms with Crippen molar-refractivity contribution in [2.45, 2.75) is 6.18 Å². The summed E-state index contributed by atoms with van der Waals surface area (Å²) in [7, 11) is 0. The number of alkyl halides is 3. The number of nitrogens with two attached hydrogens (primary N) is 1. The lowest BCUT2D eigenvalue weighted by Gasteiger charge is -2.10. The standard InChI is InChI=1S/C12H5Cl2F3N4O/c13-5-1-4(12(15,16)17)2-6(14)8(5)11-20-7(3-18)9(21-11)10(19)22/h1-2H,(H2,19,22)(H,20,21). The second-order valence-electron chi connectivity index (χ2n) is 4.10. The Kier molecular flexibility index (Phi) is 4.04. The van der Waals surface area contributed by atoms with Gasteiger partial charge in [0.2, 0.25) is 0 Å². The highest BCUT2D eigenvalue weighted by Gasteiger charge is 2.32. The van der Waals surface area contributed by atoms with E-state index in [1.807, 2.05) is 0 Å². The second-order valence-corrected chi connectivity index (χ2v) is 4.91. The van der Waals surface area contributed by atoms with Crippen molar-refractivity contribution in [3.8, 4) is 17.5 Å². The van der Waals surface area contributed by atoms with Crippen LogP contribution in [0.1, 0.15) is 21.7 Å². The molecule has 2 rings (SSSR count). The third-order valence-electron chi connectivity index (χ3n) is 2.66. The molecule has 5 nitrogen and oxygen atoms in total. The zero-order valence-electron chi connectivity index (χ0n) is 10.4. The van der Waals surface area contributed by atoms with Crippen molar-refractivity contribution in [1.82, 2.24) is 9.97 Å². The van der Waals surface area contributed by atoms with Gasteiger partial charge in [-0.15, -0.1) is 0 Å². The molecule has 2 aromatic rings. The van der Waals surface area contributed by atoms with Crippen LogP contribution in [0.2, 0.25) is 10.0 Å². The molecular formula is C12H5Cl2F3N4O. The quantitative estimate of drug-likeness (QED) is 0.870. The summed E-state index contributed by atoms with van der Waals surface area (Å²) < 4.78 is 38.0. The van der Waals surface area contributed by atoms with Crippen LogP contribution in [0.4, 0.5) is 13.2 Å². The van der Waals surface area contributed by atoms with Gasteiger partial charge in [0.1, 0.15) is 11.9 Å². The number of halogens is 5. The Labute approximate surface area is 131 Å². The molecule has 1 amide bonds. The fourth-order valence-electron chi connectivity index (χ4n) is 1.71. The fraction of sp³-hybridized carbons (Fsp3) is 0.0833. The molecule has 10 heteroatoms. The molecule has 0 atom stereocenters. The molecule has 0 aliphatic carbocycles. The third-order valence-corrected chi connectivity index (χ3v) is 3.25. The maximum atomic E-state index is 12.7. The Morgan fingerprint density at radius 3 is 2.23 bits per heavy atom. The molecule has 0 unspecified atom stereocenters. The Balaban J connectivity index is 2.64. The first-order chi connectivity index (χ1) is 10.1. The summed E-state index contributed by atoms with van der Waals surface area (Å²) in [5.41, 5.74) is 3.35. The number of amides is 1. The van der Waals surface area contributed by atoms with Crippen molar-refractivity contribution in [3.05, 3.63) is 39.1 Å². The number of rotatable bonds is 2. The maximum Gasteiger partial charge on any atom is 0.416 e. The predicted molar refractivity (Wildman–Crippen MR) is 72.3 cm³/mol. The number of benzene rings is 1. The molecular weight excluding hydrogens is 344 g/mol. The normalized spacial score (nSPS) is 11.3. The summed E-state index contributed by atoms with van der Waals surface area (Å²) in [4.78, 5) is 17.4. The lowest BCUT2D eigenvalue weighted by molar-refractivity contribution is -0.137. The summed E-state index contributed by atoms with van der Waals surface area (Å²) >= 11 is 11.6. The van der Waals surface area contributed by atoms with Gasteiger partial charge in [0.05, 0.1) is 21.2 Å². The number of carbonyl (C=O) groups excluding carboxylic acids is 1. The van der Waals surface area contributed by atoms with Crippen LogP contribution >= 0.6 is 23.2 Å². The number of hydrogen-bond acceptors (Lipinski definition) is 3. The van der Waals surface area contributed by atoms with Gasteiger partial charge in [-0.25, -0.2) is 4.98 Å². The highest BCUT2D eigenvalue weighted by Crippen LogP contribution is 2.39. The van der Waals surface area contributed by atoms with Crippen LogP contribution in [-0.2, 0) is 6.18 Å². The summed E-state index contributed by atoms with van der Waals surface area (Å²) in [6.45, 7) is 0. The Morgan fingerprint density at radius 1 is 1.32 bits per heavy atom. The number of aromatic amines is 1. The Hall–Kier alpha value is -2.24. The van der Waals surface area contributed by atoms with Gasteiger partial charge >= 0.3 is 6.18 Å². The molecule has 0 saturated carbocycles. The number of nitrogens with zero attached hydrogens (tertiary/aromatic N) is 2. The molecule has 22 heavy (non-hydrogen) atoms. The van der Waals surface area contributed by atoms with Crippen molar-refractivity contribution in [2.24, 2.45) is 5.73 Å². The van der Waals surface area contributed by atoms with E-state index in [0.29, 0.717) is 12.1 Å². The summed E-state index contributed by atoms with van der Waals surface area (Å²) in [5.74, 6) is -1.10. The van der Waals surface area contributed by atoms with Crippen LogP contribution < -0.4 is 5.73 Å². The number of primary amides is 1. The largest absolute Gasteiger partial charge is 0.416 e. The topological polar surface area (TPSA) is 95.6 Å². The van der Waals surface area contributed by atoms with E-state index in [1.54, 1.807) is 6.07 Å². The lowest BCUT2D eigenvalue weighted by Crippen LogP contribution is -2.13. The van der Waals surface area contributed by atoms with Crippen molar-refractivity contribution in [2.75, 3.05) is 0 Å². The molecule has 0 fully saturated rings. The first kappa shape index (κ1) is 16.1. The van der Waals surface area contributed by atoms with Gasteiger partial charge in [0.15, 0.2) is 11.4 Å². The fourth-order valence-corrected chi connectivity index (χ4v) is 2.38. The third kappa shape index (κ3) is 2.86. The molecule has 0 aliphatic heterocycles. The Morgan fingerprint density at radius 2 is 1.86 bits per heavy atom. The maximum absolute atomic E-state index is 12.7. The summed E-state index contributed by atoms with van der Waals surface area (Å²) in [6, 6.07) is 2.99. The molecule has 1 aromatic heterocycles. The second kappa shape index (κ2) is 5.51. The van der Waals surface area contributed by atoms with E-state index in [4.69, 9.17) is 34.2 Å². The number of aromatic nitrogens is 2. The van der Waals surface area contributed by atoms with E-state index < -0.39 is 17.6 Å². The first-order valence-electron chi connectivity index (χ1n) is 5.51. The number of carbonyl (C=O) groups is 1. The smallest absolute Gasteiger partial charge is 0.364 e. The molecule has 0 saturated heterocycles. The van der Waals surface area contributed by atoms with Crippen LogP contribution in [0.15, 0.2) is 12.1 Å². The molecule has 0 spiro atoms. The summed E-state index contributed by atoms with van der Waals surface area (Å²) in [5, 5.41) is 8.20. The lowest BCUT2D eigenvalue weighted by atomic mass is 10.1. The number of nitrogens with one attached hydrogen (secondary N) is 1. The molecule has 1 heterocycles. The van der Waals surface area contributed by atoms with Gasteiger partial charge < -0.3 is 10.7 Å². The molecule has 1 aromatic carbocycles. The van der Waals surface area contributed by atoms with Crippen LogP contribution in [-0.4, -0.2) is 15.9 Å². The van der Waals surface area contributed by atoms with Crippen LogP contribution in [0.25, 0.3) is 11.4 Å². The average molecular weight is 349 g/mol. The van der Waals surface area contributed by atoms with E-state index >= 15 is 0 Å². The zero-order chi connectivity index (χ0) is 16.7. The first-order valence-corrected chi connectivity index (χ1v) is 6.27. The Bertz CT molecular complexity index is 785. The molecule has 0 bridgehead atoms. The van der Waals surface area contributed by atoms with E-state index in [0.717, 1.165) is 0 Å². The summed E-state index contributed by atoms with van der Waals surface area (Å²) in [6.07, 6.45) is -4.62. The number of H-pyrrole nitrogens is 1. The monoisotopic (exact) mass is 348 g/mol. The van der Waals surface area contributed by atoms with Crippen molar-refractivity contribution >= 4 is 29.1 Å². The molecule has 0 aliphatic rings. The van der Waals surface area contributed by atoms with E-state index in [9.17, 15) is 18.0 Å². The average Bonchev–Trinajstić information content (AvgIpc) is 2.80. The number of hydrogen-bond donors (Lipinski definition) is 2. The van der Waals surface area contributed by atoms with Crippen molar-refractivity contribution in [3.63, 3.8) is 0 Å².